The Morgan fingerprint density at radius 3 is 2.38 bits per heavy atom. The molecule has 0 bridgehead atoms. The molecule has 4 heteroatoms. The third-order valence-corrected chi connectivity index (χ3v) is 3.47. The van der Waals surface area contributed by atoms with E-state index in [1.165, 1.54) is 6.92 Å². The van der Waals surface area contributed by atoms with Crippen LogP contribution in [0.5, 0.6) is 0 Å². The fourth-order valence-electron chi connectivity index (χ4n) is 2.15. The van der Waals surface area contributed by atoms with Crippen molar-refractivity contribution >= 4 is 11.8 Å². The Balaban J connectivity index is 2.85. The van der Waals surface area contributed by atoms with Crippen LogP contribution in [0.15, 0.2) is 0 Å². The van der Waals surface area contributed by atoms with Gasteiger partial charge >= 0.3 is 5.97 Å². The van der Waals surface area contributed by atoms with Gasteiger partial charge in [-0.25, -0.2) is 0 Å². The molecule has 0 radical (unpaired) electrons. The lowest BCUT2D eigenvalue weighted by molar-refractivity contribution is -0.164. The zero-order valence-corrected chi connectivity index (χ0v) is 10.2. The molecule has 0 amide bonds. The second-order valence-corrected chi connectivity index (χ2v) is 4.37. The number of esters is 1. The van der Waals surface area contributed by atoms with Crippen LogP contribution in [-0.2, 0) is 19.1 Å². The standard InChI is InChI=1S/C12H20O4/c1-4-16-11(14)12(3,9(2)13)10-5-7-15-8-6-10/h10H,4-8H2,1-3H3. The maximum atomic E-state index is 11.9. The molecule has 1 aliphatic heterocycles. The maximum absolute atomic E-state index is 11.9. The molecule has 1 unspecified atom stereocenters. The topological polar surface area (TPSA) is 52.6 Å². The van der Waals surface area contributed by atoms with Crippen LogP contribution < -0.4 is 0 Å². The summed E-state index contributed by atoms with van der Waals surface area (Å²) in [6.07, 6.45) is 1.49. The lowest BCUT2D eigenvalue weighted by Crippen LogP contribution is -2.45. The first-order chi connectivity index (χ1) is 7.53. The summed E-state index contributed by atoms with van der Waals surface area (Å²) in [5, 5.41) is 0. The van der Waals surface area contributed by atoms with Crippen LogP contribution in [0.1, 0.15) is 33.6 Å². The van der Waals surface area contributed by atoms with E-state index in [2.05, 4.69) is 0 Å². The third kappa shape index (κ3) is 2.43. The number of Topliss-reactive ketones (excluding diaryl/α,β-unsaturated/α-hetero) is 1. The lowest BCUT2D eigenvalue weighted by Gasteiger charge is -2.35. The predicted octanol–water partition coefficient (Wildman–Crippen LogP) is 1.57. The smallest absolute Gasteiger partial charge is 0.319 e. The van der Waals surface area contributed by atoms with Crippen LogP contribution in [0.2, 0.25) is 0 Å². The molecule has 0 saturated carbocycles. The molecule has 1 aliphatic rings. The number of ether oxygens (including phenoxy) is 2. The molecule has 1 rings (SSSR count). The molecule has 0 aromatic carbocycles. The number of hydrogen-bond acceptors (Lipinski definition) is 4. The lowest BCUT2D eigenvalue weighted by atomic mass is 9.70. The average molecular weight is 228 g/mol. The minimum Gasteiger partial charge on any atom is -0.465 e. The van der Waals surface area contributed by atoms with E-state index in [9.17, 15) is 9.59 Å². The Morgan fingerprint density at radius 1 is 1.38 bits per heavy atom. The van der Waals surface area contributed by atoms with Crippen LogP contribution >= 0.6 is 0 Å². The highest BCUT2D eigenvalue weighted by Gasteiger charge is 2.47. The Labute approximate surface area is 96.3 Å². The van der Waals surface area contributed by atoms with Gasteiger partial charge in [-0.1, -0.05) is 0 Å². The normalized spacial score (nSPS) is 21.2. The third-order valence-electron chi connectivity index (χ3n) is 3.47. The SMILES string of the molecule is CCOC(=O)C(C)(C(C)=O)C1CCOCC1. The highest BCUT2D eigenvalue weighted by Crippen LogP contribution is 2.36. The largest absolute Gasteiger partial charge is 0.465 e. The van der Waals surface area contributed by atoms with E-state index < -0.39 is 11.4 Å². The van der Waals surface area contributed by atoms with Crippen LogP contribution in [0.3, 0.4) is 0 Å². The number of carbonyl (C=O) groups is 2. The molecule has 92 valence electrons. The Hall–Kier alpha value is -0.900. The second-order valence-electron chi connectivity index (χ2n) is 4.37. The van der Waals surface area contributed by atoms with Crippen molar-refractivity contribution in [3.05, 3.63) is 0 Å². The molecular weight excluding hydrogens is 208 g/mol. The van der Waals surface area contributed by atoms with Crippen LogP contribution in [0.4, 0.5) is 0 Å². The van der Waals surface area contributed by atoms with Crippen LogP contribution in [-0.4, -0.2) is 31.6 Å². The monoisotopic (exact) mass is 228 g/mol. The molecule has 1 saturated heterocycles. The van der Waals surface area contributed by atoms with E-state index in [0.29, 0.717) is 19.8 Å². The van der Waals surface area contributed by atoms with Crippen molar-refractivity contribution in [2.45, 2.75) is 33.6 Å². The first kappa shape index (κ1) is 13.2. The van der Waals surface area contributed by atoms with Gasteiger partial charge in [-0.2, -0.15) is 0 Å². The van der Waals surface area contributed by atoms with Gasteiger partial charge in [0.2, 0.25) is 0 Å². The van der Waals surface area contributed by atoms with E-state index in [0.717, 1.165) is 12.8 Å². The molecule has 0 aromatic rings. The first-order valence-electron chi connectivity index (χ1n) is 5.79. The zero-order chi connectivity index (χ0) is 12.2. The molecule has 16 heavy (non-hydrogen) atoms. The van der Waals surface area contributed by atoms with E-state index in [4.69, 9.17) is 9.47 Å². The molecule has 0 spiro atoms. The van der Waals surface area contributed by atoms with Gasteiger partial charge in [0.05, 0.1) is 6.61 Å². The first-order valence-corrected chi connectivity index (χ1v) is 5.79. The number of hydrogen-bond donors (Lipinski definition) is 0. The number of ketones is 1. The molecule has 1 heterocycles. The minimum absolute atomic E-state index is 0.0396. The zero-order valence-electron chi connectivity index (χ0n) is 10.2. The van der Waals surface area contributed by atoms with Gasteiger partial charge in [-0.15, -0.1) is 0 Å². The van der Waals surface area contributed by atoms with Gasteiger partial charge in [0.25, 0.3) is 0 Å². The summed E-state index contributed by atoms with van der Waals surface area (Å²) < 4.78 is 10.3. The van der Waals surface area contributed by atoms with Crippen molar-refractivity contribution in [1.29, 1.82) is 0 Å². The quantitative estimate of drug-likeness (QED) is 0.541. The highest BCUT2D eigenvalue weighted by atomic mass is 16.5. The average Bonchev–Trinajstić information content (AvgIpc) is 2.29. The molecule has 1 atom stereocenters. The van der Waals surface area contributed by atoms with Crippen molar-refractivity contribution in [1.82, 2.24) is 0 Å². The molecule has 4 nitrogen and oxygen atoms in total. The second kappa shape index (κ2) is 5.43. The fraction of sp³-hybridized carbons (Fsp3) is 0.833. The fourth-order valence-corrected chi connectivity index (χ4v) is 2.15. The molecule has 1 fully saturated rings. The summed E-state index contributed by atoms with van der Waals surface area (Å²) in [5.74, 6) is -0.468. The van der Waals surface area contributed by atoms with Crippen molar-refractivity contribution in [2.75, 3.05) is 19.8 Å². The Kier molecular flexibility index (Phi) is 4.47. The van der Waals surface area contributed by atoms with Gasteiger partial charge in [0.1, 0.15) is 11.2 Å². The van der Waals surface area contributed by atoms with Crippen LogP contribution in [0.25, 0.3) is 0 Å². The van der Waals surface area contributed by atoms with Crippen molar-refractivity contribution in [2.24, 2.45) is 11.3 Å². The van der Waals surface area contributed by atoms with Gasteiger partial charge in [-0.3, -0.25) is 9.59 Å². The number of carbonyl (C=O) groups excluding carboxylic acids is 2. The molecule has 0 aromatic heterocycles. The van der Waals surface area contributed by atoms with Gasteiger partial charge in [0.15, 0.2) is 0 Å². The molecular formula is C12H20O4. The summed E-state index contributed by atoms with van der Waals surface area (Å²) in [6, 6.07) is 0. The van der Waals surface area contributed by atoms with Gasteiger partial charge < -0.3 is 9.47 Å². The summed E-state index contributed by atoms with van der Waals surface area (Å²) in [6.45, 7) is 6.46. The summed E-state index contributed by atoms with van der Waals surface area (Å²) in [5.41, 5.74) is -1.00. The molecule has 0 aliphatic carbocycles. The Morgan fingerprint density at radius 2 is 1.94 bits per heavy atom. The van der Waals surface area contributed by atoms with E-state index in [-0.39, 0.29) is 11.7 Å². The van der Waals surface area contributed by atoms with Crippen LogP contribution in [0, 0.1) is 11.3 Å². The maximum Gasteiger partial charge on any atom is 0.319 e. The summed E-state index contributed by atoms with van der Waals surface area (Å²) in [7, 11) is 0. The van der Waals surface area contributed by atoms with Gasteiger partial charge in [-0.05, 0) is 39.5 Å². The van der Waals surface area contributed by atoms with E-state index >= 15 is 0 Å². The number of rotatable bonds is 4. The Bertz CT molecular complexity index is 268. The summed E-state index contributed by atoms with van der Waals surface area (Å²) in [4.78, 5) is 23.7. The predicted molar refractivity (Wildman–Crippen MR) is 59.0 cm³/mol. The summed E-state index contributed by atoms with van der Waals surface area (Å²) >= 11 is 0. The molecule has 0 N–H and O–H groups in total. The van der Waals surface area contributed by atoms with Gasteiger partial charge in [0, 0.05) is 13.2 Å². The minimum atomic E-state index is -1.00. The van der Waals surface area contributed by atoms with Crippen molar-refractivity contribution < 1.29 is 19.1 Å². The van der Waals surface area contributed by atoms with Crippen molar-refractivity contribution in [3.8, 4) is 0 Å². The highest BCUT2D eigenvalue weighted by molar-refractivity contribution is 6.02. The van der Waals surface area contributed by atoms with E-state index in [1.54, 1.807) is 13.8 Å². The van der Waals surface area contributed by atoms with Crippen molar-refractivity contribution in [3.63, 3.8) is 0 Å². The van der Waals surface area contributed by atoms with E-state index in [1.807, 2.05) is 0 Å².